The Morgan fingerprint density at radius 3 is 2.52 bits per heavy atom. The zero-order valence-corrected chi connectivity index (χ0v) is 12.6. The second-order valence-corrected chi connectivity index (χ2v) is 4.79. The first-order valence-electron chi connectivity index (χ1n) is 6.94. The fourth-order valence-electron chi connectivity index (χ4n) is 2.43. The number of rotatable bonds is 6. The van der Waals surface area contributed by atoms with E-state index < -0.39 is 5.69 Å². The van der Waals surface area contributed by atoms with E-state index in [1.807, 2.05) is 6.92 Å². The SMILES string of the molecule is CCc1nc2c(c(=O)n(CCN)c(=O)n2CCOC)n1C. The predicted molar refractivity (Wildman–Crippen MR) is 79.5 cm³/mol. The highest BCUT2D eigenvalue weighted by molar-refractivity contribution is 5.71. The molecule has 0 amide bonds. The monoisotopic (exact) mass is 295 g/mol. The third kappa shape index (κ3) is 2.52. The van der Waals surface area contributed by atoms with E-state index in [1.165, 1.54) is 9.13 Å². The molecule has 0 spiro atoms. The van der Waals surface area contributed by atoms with Gasteiger partial charge in [0, 0.05) is 33.7 Å². The molecule has 116 valence electrons. The molecular weight excluding hydrogens is 274 g/mol. The van der Waals surface area contributed by atoms with Crippen molar-refractivity contribution < 1.29 is 4.74 Å². The minimum atomic E-state index is -0.393. The van der Waals surface area contributed by atoms with Gasteiger partial charge in [0.25, 0.3) is 5.56 Å². The van der Waals surface area contributed by atoms with Crippen LogP contribution in [-0.4, -0.2) is 38.9 Å². The topological polar surface area (TPSA) is 97.1 Å². The van der Waals surface area contributed by atoms with Gasteiger partial charge in [-0.3, -0.25) is 13.9 Å². The van der Waals surface area contributed by atoms with Gasteiger partial charge in [-0.05, 0) is 0 Å². The van der Waals surface area contributed by atoms with Crippen molar-refractivity contribution in [2.75, 3.05) is 20.3 Å². The molecular formula is C13H21N5O3. The number of fused-ring (bicyclic) bond motifs is 1. The Bertz CT molecular complexity index is 756. The molecule has 0 aliphatic rings. The minimum Gasteiger partial charge on any atom is -0.383 e. The average Bonchev–Trinajstić information content (AvgIpc) is 2.80. The van der Waals surface area contributed by atoms with E-state index in [4.69, 9.17) is 10.5 Å². The summed E-state index contributed by atoms with van der Waals surface area (Å²) in [6.07, 6.45) is 0.681. The predicted octanol–water partition coefficient (Wildman–Crippen LogP) is -0.936. The van der Waals surface area contributed by atoms with Crippen LogP contribution in [0.15, 0.2) is 9.59 Å². The first-order chi connectivity index (χ1) is 10.1. The molecule has 0 aliphatic carbocycles. The van der Waals surface area contributed by atoms with Crippen molar-refractivity contribution >= 4 is 11.2 Å². The molecule has 2 rings (SSSR count). The highest BCUT2D eigenvalue weighted by Gasteiger charge is 2.18. The Balaban J connectivity index is 2.85. The number of nitrogens with zero attached hydrogens (tertiary/aromatic N) is 4. The van der Waals surface area contributed by atoms with Crippen LogP contribution in [0, 0.1) is 0 Å². The van der Waals surface area contributed by atoms with Gasteiger partial charge in [-0.1, -0.05) is 6.92 Å². The van der Waals surface area contributed by atoms with Gasteiger partial charge in [0.1, 0.15) is 5.82 Å². The van der Waals surface area contributed by atoms with Crippen LogP contribution in [0.1, 0.15) is 12.7 Å². The summed E-state index contributed by atoms with van der Waals surface area (Å²) in [4.78, 5) is 29.4. The highest BCUT2D eigenvalue weighted by atomic mass is 16.5. The van der Waals surface area contributed by atoms with E-state index in [0.29, 0.717) is 30.7 Å². The van der Waals surface area contributed by atoms with Crippen molar-refractivity contribution in [3.8, 4) is 0 Å². The standard InChI is InChI=1S/C13H21N5O3/c1-4-9-15-11-10(16(9)2)12(19)18(6-5-14)13(20)17(11)7-8-21-3/h4-8,14H2,1-3H3. The fraction of sp³-hybridized carbons (Fsp3) is 0.615. The van der Waals surface area contributed by atoms with Crippen LogP contribution < -0.4 is 17.0 Å². The zero-order valence-electron chi connectivity index (χ0n) is 12.6. The van der Waals surface area contributed by atoms with Crippen LogP contribution in [0.5, 0.6) is 0 Å². The van der Waals surface area contributed by atoms with Crippen LogP contribution in [-0.2, 0) is 31.3 Å². The number of ether oxygens (including phenoxy) is 1. The fourth-order valence-corrected chi connectivity index (χ4v) is 2.43. The molecule has 0 fully saturated rings. The number of hydrogen-bond acceptors (Lipinski definition) is 5. The Morgan fingerprint density at radius 2 is 1.95 bits per heavy atom. The first kappa shape index (κ1) is 15.5. The number of aryl methyl sites for hydroxylation is 2. The van der Waals surface area contributed by atoms with Gasteiger partial charge in [0.2, 0.25) is 0 Å². The lowest BCUT2D eigenvalue weighted by molar-refractivity contribution is 0.186. The lowest BCUT2D eigenvalue weighted by atomic mass is 10.4. The minimum absolute atomic E-state index is 0.188. The highest BCUT2D eigenvalue weighted by Crippen LogP contribution is 2.10. The molecule has 0 bridgehead atoms. The lowest BCUT2D eigenvalue weighted by Crippen LogP contribution is -2.42. The molecule has 2 heterocycles. The van der Waals surface area contributed by atoms with E-state index in [2.05, 4.69) is 4.98 Å². The van der Waals surface area contributed by atoms with Crippen LogP contribution >= 0.6 is 0 Å². The molecule has 2 N–H and O–H groups in total. The van der Waals surface area contributed by atoms with E-state index in [1.54, 1.807) is 18.7 Å². The zero-order chi connectivity index (χ0) is 15.6. The maximum atomic E-state index is 12.5. The summed E-state index contributed by atoms with van der Waals surface area (Å²) in [5.41, 5.74) is 5.61. The Morgan fingerprint density at radius 1 is 1.24 bits per heavy atom. The second kappa shape index (κ2) is 6.23. The van der Waals surface area contributed by atoms with Crippen molar-refractivity contribution in [1.29, 1.82) is 0 Å². The smallest absolute Gasteiger partial charge is 0.332 e. The largest absolute Gasteiger partial charge is 0.383 e. The normalized spacial score (nSPS) is 11.4. The van der Waals surface area contributed by atoms with Gasteiger partial charge >= 0.3 is 5.69 Å². The van der Waals surface area contributed by atoms with E-state index in [9.17, 15) is 9.59 Å². The Labute approximate surface area is 121 Å². The first-order valence-corrected chi connectivity index (χ1v) is 6.94. The van der Waals surface area contributed by atoms with Crippen molar-refractivity contribution in [2.45, 2.75) is 26.4 Å². The third-order valence-corrected chi connectivity index (χ3v) is 3.52. The van der Waals surface area contributed by atoms with Gasteiger partial charge in [-0.15, -0.1) is 0 Å². The van der Waals surface area contributed by atoms with Gasteiger partial charge in [-0.25, -0.2) is 9.78 Å². The molecule has 21 heavy (non-hydrogen) atoms. The lowest BCUT2D eigenvalue weighted by Gasteiger charge is -2.10. The van der Waals surface area contributed by atoms with Crippen LogP contribution in [0.25, 0.3) is 11.2 Å². The number of nitrogens with two attached hydrogens (primary N) is 1. The molecule has 0 saturated heterocycles. The van der Waals surface area contributed by atoms with Crippen molar-refractivity contribution in [1.82, 2.24) is 18.7 Å². The van der Waals surface area contributed by atoms with Crippen LogP contribution in [0.4, 0.5) is 0 Å². The molecule has 0 atom stereocenters. The van der Waals surface area contributed by atoms with Gasteiger partial charge < -0.3 is 15.0 Å². The van der Waals surface area contributed by atoms with Crippen LogP contribution in [0.3, 0.4) is 0 Å². The van der Waals surface area contributed by atoms with Gasteiger partial charge in [0.05, 0.1) is 13.2 Å². The summed E-state index contributed by atoms with van der Waals surface area (Å²) in [7, 11) is 3.35. The molecule has 2 aromatic heterocycles. The summed E-state index contributed by atoms with van der Waals surface area (Å²) in [5, 5.41) is 0. The summed E-state index contributed by atoms with van der Waals surface area (Å²) < 4.78 is 9.43. The van der Waals surface area contributed by atoms with Crippen molar-refractivity contribution in [3.05, 3.63) is 26.7 Å². The third-order valence-electron chi connectivity index (χ3n) is 3.52. The molecule has 0 aromatic carbocycles. The molecule has 8 heteroatoms. The Hall–Kier alpha value is -1.93. The van der Waals surface area contributed by atoms with Crippen LogP contribution in [0.2, 0.25) is 0 Å². The summed E-state index contributed by atoms with van der Waals surface area (Å²) in [5.74, 6) is 0.762. The quantitative estimate of drug-likeness (QED) is 0.742. The van der Waals surface area contributed by atoms with E-state index in [-0.39, 0.29) is 18.6 Å². The molecule has 0 unspecified atom stereocenters. The maximum absolute atomic E-state index is 12.5. The molecule has 0 aliphatic heterocycles. The summed E-state index contributed by atoms with van der Waals surface area (Å²) in [6.45, 7) is 3.08. The summed E-state index contributed by atoms with van der Waals surface area (Å²) >= 11 is 0. The van der Waals surface area contributed by atoms with Gasteiger partial charge in [0.15, 0.2) is 11.2 Å². The summed E-state index contributed by atoms with van der Waals surface area (Å²) in [6, 6.07) is 0. The molecule has 8 nitrogen and oxygen atoms in total. The number of imidazole rings is 1. The number of methoxy groups -OCH3 is 1. The number of aromatic nitrogens is 4. The maximum Gasteiger partial charge on any atom is 0.332 e. The average molecular weight is 295 g/mol. The molecule has 0 radical (unpaired) electrons. The van der Waals surface area contributed by atoms with Crippen molar-refractivity contribution in [3.63, 3.8) is 0 Å². The number of hydrogen-bond donors (Lipinski definition) is 1. The van der Waals surface area contributed by atoms with Crippen molar-refractivity contribution in [2.24, 2.45) is 12.8 Å². The van der Waals surface area contributed by atoms with Gasteiger partial charge in [-0.2, -0.15) is 0 Å². The molecule has 0 saturated carbocycles. The van der Waals surface area contributed by atoms with E-state index >= 15 is 0 Å². The Kier molecular flexibility index (Phi) is 4.59. The van der Waals surface area contributed by atoms with E-state index in [0.717, 1.165) is 5.82 Å². The molecule has 2 aromatic rings. The second-order valence-electron chi connectivity index (χ2n) is 4.79.